The maximum atomic E-state index is 3.58. The lowest BCUT2D eigenvalue weighted by molar-refractivity contribution is 0.961. The molecule has 0 aliphatic heterocycles. The first-order valence-corrected chi connectivity index (χ1v) is 6.64. The van der Waals surface area contributed by atoms with Crippen LogP contribution in [-0.2, 0) is 12.8 Å². The van der Waals surface area contributed by atoms with Gasteiger partial charge in [0, 0.05) is 28.9 Å². The zero-order valence-corrected chi connectivity index (χ0v) is 10.7. The molecule has 0 radical (unpaired) electrons. The minimum Gasteiger partial charge on any atom is -0.349 e. The van der Waals surface area contributed by atoms with E-state index >= 15 is 0 Å². The van der Waals surface area contributed by atoms with E-state index in [9.17, 15) is 0 Å². The summed E-state index contributed by atoms with van der Waals surface area (Å²) in [5.74, 6) is 1.08. The van der Waals surface area contributed by atoms with Crippen LogP contribution in [0.5, 0.6) is 0 Å². The van der Waals surface area contributed by atoms with Gasteiger partial charge in [-0.25, -0.2) is 0 Å². The molecule has 0 saturated heterocycles. The van der Waals surface area contributed by atoms with Gasteiger partial charge in [-0.05, 0) is 33.8 Å². The fraction of sp³-hybridized carbons (Fsp3) is 0.273. The van der Waals surface area contributed by atoms with Gasteiger partial charge in [-0.1, -0.05) is 12.1 Å². The zero-order valence-electron chi connectivity index (χ0n) is 8.25. The molecule has 0 fully saturated rings. The summed E-state index contributed by atoms with van der Waals surface area (Å²) in [6, 6.07) is 6.37. The van der Waals surface area contributed by atoms with Gasteiger partial charge in [0.15, 0.2) is 0 Å². The van der Waals surface area contributed by atoms with Crippen molar-refractivity contribution >= 4 is 38.6 Å². The van der Waals surface area contributed by atoms with E-state index in [2.05, 4.69) is 58.2 Å². The average Bonchev–Trinajstić information content (AvgIpc) is 2.46. The molecule has 0 saturated carbocycles. The Labute approximate surface area is 96.6 Å². The summed E-state index contributed by atoms with van der Waals surface area (Å²) < 4.78 is 3.36. The Morgan fingerprint density at radius 1 is 1.43 bits per heavy atom. The van der Waals surface area contributed by atoms with E-state index < -0.39 is 0 Å². The van der Waals surface area contributed by atoms with Gasteiger partial charge in [0.05, 0.1) is 5.52 Å². The molecule has 0 aliphatic carbocycles. The highest BCUT2D eigenvalue weighted by Crippen LogP contribution is 2.29. The number of para-hydroxylation sites is 1. The van der Waals surface area contributed by atoms with Crippen molar-refractivity contribution in [1.29, 1.82) is 0 Å². The first-order chi connectivity index (χ1) is 6.74. The number of aromatic nitrogens is 1. The fourth-order valence-electron chi connectivity index (χ4n) is 1.77. The Balaban J connectivity index is 2.71. The van der Waals surface area contributed by atoms with Crippen LogP contribution in [0.15, 0.2) is 28.9 Å². The lowest BCUT2D eigenvalue weighted by Crippen LogP contribution is -1.83. The molecule has 2 rings (SSSR count). The third kappa shape index (κ3) is 1.59. The number of aryl methyl sites for hydroxylation is 1. The largest absolute Gasteiger partial charge is 0.349 e. The van der Waals surface area contributed by atoms with Crippen molar-refractivity contribution in [2.45, 2.75) is 5.75 Å². The molecule has 0 N–H and O–H groups in total. The number of hydrogen-bond acceptors (Lipinski definition) is 1. The lowest BCUT2D eigenvalue weighted by Gasteiger charge is -1.98. The maximum absolute atomic E-state index is 3.58. The molecule has 14 heavy (non-hydrogen) atoms. The van der Waals surface area contributed by atoms with E-state index in [0.717, 1.165) is 5.75 Å². The number of halogens is 1. The van der Waals surface area contributed by atoms with Gasteiger partial charge in [-0.3, -0.25) is 0 Å². The van der Waals surface area contributed by atoms with Gasteiger partial charge in [0.1, 0.15) is 0 Å². The number of rotatable bonds is 2. The van der Waals surface area contributed by atoms with Gasteiger partial charge in [0.25, 0.3) is 0 Å². The van der Waals surface area contributed by atoms with Crippen LogP contribution in [0.3, 0.4) is 0 Å². The summed E-state index contributed by atoms with van der Waals surface area (Å²) in [6.07, 6.45) is 4.35. The molecule has 0 atom stereocenters. The molecule has 0 bridgehead atoms. The Kier molecular flexibility index (Phi) is 2.88. The van der Waals surface area contributed by atoms with Crippen LogP contribution in [0.1, 0.15) is 5.56 Å². The van der Waals surface area contributed by atoms with Crippen molar-refractivity contribution in [3.05, 3.63) is 34.4 Å². The first kappa shape index (κ1) is 10.1. The van der Waals surface area contributed by atoms with E-state index in [4.69, 9.17) is 0 Å². The Hall–Kier alpha value is -0.410. The average molecular weight is 270 g/mol. The third-order valence-electron chi connectivity index (χ3n) is 2.33. The van der Waals surface area contributed by atoms with E-state index in [0.29, 0.717) is 0 Å². The Bertz CT molecular complexity index is 462. The van der Waals surface area contributed by atoms with E-state index in [1.54, 1.807) is 0 Å². The van der Waals surface area contributed by atoms with Crippen LogP contribution in [0.4, 0.5) is 0 Å². The second-order valence-electron chi connectivity index (χ2n) is 3.33. The number of fused-ring (bicyclic) bond motifs is 1. The molecule has 1 aromatic carbocycles. The van der Waals surface area contributed by atoms with Crippen LogP contribution >= 0.6 is 27.7 Å². The second kappa shape index (κ2) is 3.99. The van der Waals surface area contributed by atoms with Crippen molar-refractivity contribution in [3.63, 3.8) is 0 Å². The third-order valence-corrected chi connectivity index (χ3v) is 3.57. The van der Waals surface area contributed by atoms with Gasteiger partial charge < -0.3 is 4.57 Å². The monoisotopic (exact) mass is 269 g/mol. The van der Waals surface area contributed by atoms with E-state index in [1.165, 1.54) is 20.9 Å². The Morgan fingerprint density at radius 3 is 2.93 bits per heavy atom. The SMILES string of the molecule is CSCc1cn(C)c2c(Br)cccc12. The van der Waals surface area contributed by atoms with E-state index in [-0.39, 0.29) is 0 Å². The molecule has 0 spiro atoms. The van der Waals surface area contributed by atoms with Crippen molar-refractivity contribution in [2.24, 2.45) is 7.05 Å². The van der Waals surface area contributed by atoms with Crippen LogP contribution in [-0.4, -0.2) is 10.8 Å². The molecule has 1 nitrogen and oxygen atoms in total. The summed E-state index contributed by atoms with van der Waals surface area (Å²) in [5, 5.41) is 1.36. The number of nitrogens with zero attached hydrogens (tertiary/aromatic N) is 1. The molecule has 74 valence electrons. The smallest absolute Gasteiger partial charge is 0.0625 e. The molecule has 0 aliphatic rings. The minimum atomic E-state index is 1.08. The maximum Gasteiger partial charge on any atom is 0.0625 e. The fourth-order valence-corrected chi connectivity index (χ4v) is 2.96. The van der Waals surface area contributed by atoms with Gasteiger partial charge in [-0.15, -0.1) is 0 Å². The summed E-state index contributed by atoms with van der Waals surface area (Å²) in [4.78, 5) is 0. The van der Waals surface area contributed by atoms with Crippen LogP contribution in [0.25, 0.3) is 10.9 Å². The standard InChI is InChI=1S/C11H12BrNS/c1-13-6-8(7-14-2)9-4-3-5-10(12)11(9)13/h3-6H,7H2,1-2H3. The van der Waals surface area contributed by atoms with Crippen molar-refractivity contribution in [2.75, 3.05) is 6.26 Å². The van der Waals surface area contributed by atoms with Crippen LogP contribution in [0, 0.1) is 0 Å². The van der Waals surface area contributed by atoms with Gasteiger partial charge in [-0.2, -0.15) is 11.8 Å². The zero-order chi connectivity index (χ0) is 10.1. The topological polar surface area (TPSA) is 4.93 Å². The van der Waals surface area contributed by atoms with Crippen LogP contribution in [0.2, 0.25) is 0 Å². The van der Waals surface area contributed by atoms with Gasteiger partial charge in [0.2, 0.25) is 0 Å². The predicted octanol–water partition coefficient (Wildman–Crippen LogP) is 3.80. The highest BCUT2D eigenvalue weighted by molar-refractivity contribution is 9.10. The molecular formula is C11H12BrNS. The highest BCUT2D eigenvalue weighted by atomic mass is 79.9. The van der Waals surface area contributed by atoms with E-state index in [1.807, 2.05) is 11.8 Å². The van der Waals surface area contributed by atoms with Crippen molar-refractivity contribution < 1.29 is 0 Å². The normalized spacial score (nSPS) is 11.1. The summed E-state index contributed by atoms with van der Waals surface area (Å²) in [6.45, 7) is 0. The summed E-state index contributed by atoms with van der Waals surface area (Å²) >= 11 is 5.44. The highest BCUT2D eigenvalue weighted by Gasteiger charge is 2.07. The van der Waals surface area contributed by atoms with Crippen LogP contribution < -0.4 is 0 Å². The first-order valence-electron chi connectivity index (χ1n) is 4.45. The molecule has 2 aromatic rings. The van der Waals surface area contributed by atoms with Gasteiger partial charge >= 0.3 is 0 Å². The molecule has 3 heteroatoms. The predicted molar refractivity (Wildman–Crippen MR) is 67.8 cm³/mol. The Morgan fingerprint density at radius 2 is 2.21 bits per heavy atom. The van der Waals surface area contributed by atoms with Crippen molar-refractivity contribution in [1.82, 2.24) is 4.57 Å². The van der Waals surface area contributed by atoms with Crippen molar-refractivity contribution in [3.8, 4) is 0 Å². The molecule has 1 heterocycles. The molecule has 0 amide bonds. The lowest BCUT2D eigenvalue weighted by atomic mass is 10.2. The molecule has 0 unspecified atom stereocenters. The minimum absolute atomic E-state index is 1.08. The second-order valence-corrected chi connectivity index (χ2v) is 5.05. The number of thioether (sulfide) groups is 1. The quantitative estimate of drug-likeness (QED) is 0.803. The number of benzene rings is 1. The summed E-state index contributed by atoms with van der Waals surface area (Å²) in [7, 11) is 2.09. The molecule has 1 aromatic heterocycles. The molecular weight excluding hydrogens is 258 g/mol. The number of hydrogen-bond donors (Lipinski definition) is 0. The summed E-state index contributed by atoms with van der Waals surface area (Å²) in [5.41, 5.74) is 2.70.